The fraction of sp³-hybridized carbons (Fsp3) is 0.667. The highest BCUT2D eigenvalue weighted by Crippen LogP contribution is 2.39. The first-order valence-corrected chi connectivity index (χ1v) is 11.8. The van der Waals surface area contributed by atoms with Crippen LogP contribution in [0.5, 0.6) is 0 Å². The Morgan fingerprint density at radius 1 is 0.724 bits per heavy atom. The molecule has 4 heterocycles. The molecule has 1 atom stereocenters. The van der Waals surface area contributed by atoms with Crippen molar-refractivity contribution in [3.05, 3.63) is 23.8 Å². The quantitative estimate of drug-likeness (QED) is 0.750. The zero-order chi connectivity index (χ0) is 19.6. The van der Waals surface area contributed by atoms with Gasteiger partial charge in [-0.15, -0.1) is 0 Å². The van der Waals surface area contributed by atoms with E-state index in [1.807, 2.05) is 0 Å². The largest absolute Gasteiger partial charge is 0.372 e. The molecular weight excluding hydrogens is 360 g/mol. The molecule has 3 fully saturated rings. The highest BCUT2D eigenvalue weighted by atomic mass is 16.1. The topological polar surface area (TPSA) is 39.2 Å². The Bertz CT molecular complexity index is 771. The molecule has 0 saturated carbocycles. The average Bonchev–Trinajstić information content (AvgIpc) is 2.80. The molecule has 0 N–H and O–H groups in total. The number of nitrogens with zero attached hydrogens (tertiary/aromatic N) is 4. The second-order valence-corrected chi connectivity index (χ2v) is 9.14. The average molecular weight is 395 g/mol. The molecule has 5 heteroatoms. The normalized spacial score (nSPS) is 26.3. The van der Waals surface area contributed by atoms with Gasteiger partial charge in [0.25, 0.3) is 0 Å². The van der Waals surface area contributed by atoms with E-state index in [0.29, 0.717) is 0 Å². The molecule has 5 rings (SSSR count). The summed E-state index contributed by atoms with van der Waals surface area (Å²) in [4.78, 5) is 25.9. The van der Waals surface area contributed by atoms with E-state index in [4.69, 9.17) is 4.99 Å². The van der Waals surface area contributed by atoms with E-state index >= 15 is 0 Å². The van der Waals surface area contributed by atoms with Crippen molar-refractivity contribution < 1.29 is 4.79 Å². The van der Waals surface area contributed by atoms with Gasteiger partial charge in [-0.2, -0.15) is 0 Å². The van der Waals surface area contributed by atoms with Gasteiger partial charge in [0.2, 0.25) is 5.78 Å². The lowest BCUT2D eigenvalue weighted by Gasteiger charge is -2.39. The van der Waals surface area contributed by atoms with Gasteiger partial charge in [0, 0.05) is 37.4 Å². The van der Waals surface area contributed by atoms with Crippen LogP contribution in [0.2, 0.25) is 0 Å². The molecule has 3 saturated heterocycles. The van der Waals surface area contributed by atoms with E-state index in [0.717, 1.165) is 56.4 Å². The number of rotatable bonds is 2. The fourth-order valence-corrected chi connectivity index (χ4v) is 5.52. The number of anilines is 1. The lowest BCUT2D eigenvalue weighted by molar-refractivity contribution is -0.119. The molecule has 156 valence electrons. The number of Topliss-reactive ketones (excluding diaryl/α,β-unsaturated/α-hetero) is 1. The van der Waals surface area contributed by atoms with E-state index in [1.54, 1.807) is 0 Å². The minimum absolute atomic E-state index is 0.149. The zero-order valence-corrected chi connectivity index (χ0v) is 17.6. The van der Waals surface area contributed by atoms with E-state index in [2.05, 4.69) is 32.9 Å². The van der Waals surface area contributed by atoms with Crippen LogP contribution in [0.1, 0.15) is 69.4 Å². The van der Waals surface area contributed by atoms with Gasteiger partial charge in [0.1, 0.15) is 6.04 Å². The molecule has 1 aromatic carbocycles. The first-order valence-electron chi connectivity index (χ1n) is 11.8. The number of hydrogen-bond donors (Lipinski definition) is 0. The van der Waals surface area contributed by atoms with Crippen molar-refractivity contribution in [2.24, 2.45) is 4.99 Å². The van der Waals surface area contributed by atoms with Crippen molar-refractivity contribution in [2.75, 3.05) is 44.2 Å². The molecule has 0 aliphatic carbocycles. The van der Waals surface area contributed by atoms with Gasteiger partial charge in [-0.1, -0.05) is 6.42 Å². The second-order valence-electron chi connectivity index (χ2n) is 9.14. The maximum absolute atomic E-state index is 13.7. The lowest BCUT2D eigenvalue weighted by atomic mass is 9.92. The van der Waals surface area contributed by atoms with Gasteiger partial charge in [-0.25, -0.2) is 4.99 Å². The summed E-state index contributed by atoms with van der Waals surface area (Å²) in [5.74, 6) is 0.954. The van der Waals surface area contributed by atoms with Crippen LogP contribution in [0.15, 0.2) is 23.2 Å². The number of carbonyl (C=O) groups excluding carboxylic acids is 1. The maximum atomic E-state index is 13.7. The van der Waals surface area contributed by atoms with Crippen molar-refractivity contribution >= 4 is 23.0 Å². The Morgan fingerprint density at radius 2 is 1.31 bits per heavy atom. The molecule has 4 aliphatic rings. The summed E-state index contributed by atoms with van der Waals surface area (Å²) in [5, 5.41) is 0. The van der Waals surface area contributed by atoms with Crippen molar-refractivity contribution in [1.82, 2.24) is 9.80 Å². The van der Waals surface area contributed by atoms with E-state index < -0.39 is 0 Å². The monoisotopic (exact) mass is 394 g/mol. The first-order chi connectivity index (χ1) is 14.3. The molecule has 4 aliphatic heterocycles. The summed E-state index contributed by atoms with van der Waals surface area (Å²) in [6, 6.07) is 6.54. The summed E-state index contributed by atoms with van der Waals surface area (Å²) >= 11 is 0. The van der Waals surface area contributed by atoms with E-state index in [1.165, 1.54) is 63.5 Å². The number of piperidine rings is 3. The third kappa shape index (κ3) is 3.81. The minimum atomic E-state index is -0.149. The Labute approximate surface area is 174 Å². The van der Waals surface area contributed by atoms with Crippen molar-refractivity contribution in [1.29, 1.82) is 0 Å². The third-order valence-electron chi connectivity index (χ3n) is 7.13. The molecule has 1 aromatic rings. The summed E-state index contributed by atoms with van der Waals surface area (Å²) in [6.07, 6.45) is 11.1. The SMILES string of the molecule is O=C1C(N2CCCCC2)=Nc2ccc(N3CCCCC3)cc2C1N1CCCCC1. The van der Waals surface area contributed by atoms with E-state index in [9.17, 15) is 4.79 Å². The lowest BCUT2D eigenvalue weighted by Crippen LogP contribution is -2.48. The highest BCUT2D eigenvalue weighted by molar-refractivity contribution is 6.42. The summed E-state index contributed by atoms with van der Waals surface area (Å²) in [7, 11) is 0. The van der Waals surface area contributed by atoms with Crippen LogP contribution in [0.4, 0.5) is 11.4 Å². The molecule has 5 nitrogen and oxygen atoms in total. The fourth-order valence-electron chi connectivity index (χ4n) is 5.52. The van der Waals surface area contributed by atoms with Crippen LogP contribution in [-0.4, -0.2) is 60.7 Å². The number of amidine groups is 1. The molecule has 0 spiro atoms. The Morgan fingerprint density at radius 3 is 1.97 bits per heavy atom. The van der Waals surface area contributed by atoms with Gasteiger partial charge >= 0.3 is 0 Å². The smallest absolute Gasteiger partial charge is 0.219 e. The highest BCUT2D eigenvalue weighted by Gasteiger charge is 2.39. The van der Waals surface area contributed by atoms with E-state index in [-0.39, 0.29) is 11.8 Å². The number of benzene rings is 1. The molecule has 0 amide bonds. The van der Waals surface area contributed by atoms with Crippen molar-refractivity contribution in [3.8, 4) is 0 Å². The molecule has 0 bridgehead atoms. The van der Waals surface area contributed by atoms with Crippen LogP contribution >= 0.6 is 0 Å². The maximum Gasteiger partial charge on any atom is 0.219 e. The van der Waals surface area contributed by atoms with Crippen LogP contribution in [0, 0.1) is 0 Å². The van der Waals surface area contributed by atoms with Crippen molar-refractivity contribution in [2.45, 2.75) is 63.8 Å². The predicted molar refractivity (Wildman–Crippen MR) is 118 cm³/mol. The Hall–Kier alpha value is -1.88. The van der Waals surface area contributed by atoms with Crippen LogP contribution < -0.4 is 4.90 Å². The van der Waals surface area contributed by atoms with Gasteiger partial charge in [-0.05, 0) is 82.7 Å². The number of carbonyl (C=O) groups is 1. The number of likely N-dealkylation sites (tertiary alicyclic amines) is 2. The van der Waals surface area contributed by atoms with Gasteiger partial charge in [0.15, 0.2) is 5.84 Å². The first kappa shape index (κ1) is 19.1. The molecule has 0 radical (unpaired) electrons. The summed E-state index contributed by atoms with van der Waals surface area (Å²) < 4.78 is 0. The summed E-state index contributed by atoms with van der Waals surface area (Å²) in [5.41, 5.74) is 3.43. The third-order valence-corrected chi connectivity index (χ3v) is 7.13. The van der Waals surface area contributed by atoms with Crippen LogP contribution in [0.3, 0.4) is 0 Å². The van der Waals surface area contributed by atoms with Gasteiger partial charge in [-0.3, -0.25) is 9.69 Å². The molecular formula is C24H34N4O. The molecule has 29 heavy (non-hydrogen) atoms. The Kier molecular flexibility index (Phi) is 5.58. The standard InChI is InChI=1S/C24H34N4O/c29-23-22(27-14-6-2-7-15-27)20-18-19(26-12-4-1-5-13-26)10-11-21(20)25-24(23)28-16-8-3-9-17-28/h10-11,18,22H,1-9,12-17H2. The van der Waals surface area contributed by atoms with Gasteiger partial charge in [0.05, 0.1) is 5.69 Å². The second kappa shape index (κ2) is 8.47. The Balaban J connectivity index is 1.52. The summed E-state index contributed by atoms with van der Waals surface area (Å²) in [6.45, 7) is 6.25. The zero-order valence-electron chi connectivity index (χ0n) is 17.6. The number of hydrogen-bond acceptors (Lipinski definition) is 5. The predicted octanol–water partition coefficient (Wildman–Crippen LogP) is 4.30. The number of aliphatic imine (C=N–C) groups is 1. The minimum Gasteiger partial charge on any atom is -0.372 e. The molecule has 0 aromatic heterocycles. The molecule has 1 unspecified atom stereocenters. The van der Waals surface area contributed by atoms with Crippen LogP contribution in [0.25, 0.3) is 0 Å². The number of fused-ring (bicyclic) bond motifs is 1. The van der Waals surface area contributed by atoms with Gasteiger partial charge < -0.3 is 9.80 Å². The number of ketones is 1. The van der Waals surface area contributed by atoms with Crippen LogP contribution in [-0.2, 0) is 4.79 Å². The van der Waals surface area contributed by atoms with Crippen molar-refractivity contribution in [3.63, 3.8) is 0 Å².